The molecule has 168 valence electrons. The van der Waals surface area contributed by atoms with Gasteiger partial charge in [0.1, 0.15) is 0 Å². The van der Waals surface area contributed by atoms with Gasteiger partial charge in [-0.1, -0.05) is 66.7 Å². The molecule has 1 N–H and O–H groups in total. The quantitative estimate of drug-likeness (QED) is 0.612. The first-order valence-corrected chi connectivity index (χ1v) is 11.7. The molecular formula is C28H29N3O2. The van der Waals surface area contributed by atoms with Crippen molar-refractivity contribution in [2.24, 2.45) is 5.92 Å². The summed E-state index contributed by atoms with van der Waals surface area (Å²) in [4.78, 5) is 29.7. The van der Waals surface area contributed by atoms with Gasteiger partial charge in [-0.2, -0.15) is 0 Å². The Hall–Kier alpha value is -3.44. The molecule has 1 aliphatic carbocycles. The van der Waals surface area contributed by atoms with Crippen LogP contribution in [0.4, 0.5) is 5.69 Å². The normalized spacial score (nSPS) is 16.6. The lowest BCUT2D eigenvalue weighted by Gasteiger charge is -2.39. The maximum Gasteiger partial charge on any atom is 0.254 e. The topological polar surface area (TPSA) is 52.7 Å². The molecule has 0 bridgehead atoms. The van der Waals surface area contributed by atoms with E-state index < -0.39 is 0 Å². The Balaban J connectivity index is 1.27. The number of nitrogens with zero attached hydrogens (tertiary/aromatic N) is 2. The average Bonchev–Trinajstić information content (AvgIpc) is 3.72. The summed E-state index contributed by atoms with van der Waals surface area (Å²) in [7, 11) is 0. The van der Waals surface area contributed by atoms with Crippen molar-refractivity contribution in [3.05, 3.63) is 102 Å². The van der Waals surface area contributed by atoms with Crippen molar-refractivity contribution in [1.82, 2.24) is 9.80 Å². The number of piperazine rings is 1. The molecule has 0 radical (unpaired) electrons. The first kappa shape index (κ1) is 21.4. The second-order valence-electron chi connectivity index (χ2n) is 8.90. The van der Waals surface area contributed by atoms with Gasteiger partial charge in [0.05, 0.1) is 6.04 Å². The van der Waals surface area contributed by atoms with Gasteiger partial charge in [0, 0.05) is 43.3 Å². The van der Waals surface area contributed by atoms with E-state index in [-0.39, 0.29) is 23.8 Å². The minimum absolute atomic E-state index is 0.0214. The van der Waals surface area contributed by atoms with Crippen LogP contribution < -0.4 is 5.32 Å². The smallest absolute Gasteiger partial charge is 0.254 e. The summed E-state index contributed by atoms with van der Waals surface area (Å²) >= 11 is 0. The fourth-order valence-electron chi connectivity index (χ4n) is 4.57. The monoisotopic (exact) mass is 439 g/mol. The molecule has 2 aliphatic rings. The zero-order valence-electron chi connectivity index (χ0n) is 18.7. The number of hydrogen-bond donors (Lipinski definition) is 1. The van der Waals surface area contributed by atoms with E-state index in [2.05, 4.69) is 58.7 Å². The van der Waals surface area contributed by atoms with Crippen LogP contribution in [0.5, 0.6) is 0 Å². The molecule has 33 heavy (non-hydrogen) atoms. The number of amides is 2. The van der Waals surface area contributed by atoms with Gasteiger partial charge in [0.25, 0.3) is 5.91 Å². The minimum Gasteiger partial charge on any atom is -0.336 e. The second kappa shape index (κ2) is 9.59. The number of rotatable bonds is 6. The Morgan fingerprint density at radius 3 is 1.94 bits per heavy atom. The van der Waals surface area contributed by atoms with Crippen molar-refractivity contribution >= 4 is 17.5 Å². The summed E-state index contributed by atoms with van der Waals surface area (Å²) in [5.74, 6) is 0.217. The van der Waals surface area contributed by atoms with Crippen LogP contribution in [-0.2, 0) is 4.79 Å². The molecular weight excluding hydrogens is 410 g/mol. The molecule has 1 saturated carbocycles. The van der Waals surface area contributed by atoms with Crippen LogP contribution in [0.1, 0.15) is 40.4 Å². The zero-order valence-corrected chi connectivity index (χ0v) is 18.7. The molecule has 2 fully saturated rings. The number of carbonyl (C=O) groups is 2. The van der Waals surface area contributed by atoms with Crippen LogP contribution in [0.2, 0.25) is 0 Å². The SMILES string of the molecule is O=C(Nc1cccc(C(=O)N2CCN(C(c3ccccc3)c3ccccc3)CC2)c1)C1CC1. The third-order valence-corrected chi connectivity index (χ3v) is 6.52. The lowest BCUT2D eigenvalue weighted by Crippen LogP contribution is -2.49. The highest BCUT2D eigenvalue weighted by atomic mass is 16.2. The van der Waals surface area contributed by atoms with Gasteiger partial charge in [-0.05, 0) is 42.2 Å². The fourth-order valence-corrected chi connectivity index (χ4v) is 4.57. The van der Waals surface area contributed by atoms with Crippen LogP contribution >= 0.6 is 0 Å². The summed E-state index contributed by atoms with van der Waals surface area (Å²) in [6, 6.07) is 28.6. The minimum atomic E-state index is 0.0214. The van der Waals surface area contributed by atoms with Gasteiger partial charge in [-0.15, -0.1) is 0 Å². The van der Waals surface area contributed by atoms with Crippen LogP contribution in [-0.4, -0.2) is 47.8 Å². The van der Waals surface area contributed by atoms with E-state index in [0.717, 1.165) is 25.9 Å². The van der Waals surface area contributed by atoms with E-state index >= 15 is 0 Å². The summed E-state index contributed by atoms with van der Waals surface area (Å²) in [5, 5.41) is 2.94. The van der Waals surface area contributed by atoms with Crippen molar-refractivity contribution in [3.63, 3.8) is 0 Å². The average molecular weight is 440 g/mol. The van der Waals surface area contributed by atoms with Crippen molar-refractivity contribution in [2.75, 3.05) is 31.5 Å². The van der Waals surface area contributed by atoms with E-state index in [1.807, 2.05) is 35.2 Å². The molecule has 0 aromatic heterocycles. The number of hydrogen-bond acceptors (Lipinski definition) is 3. The molecule has 3 aromatic rings. The van der Waals surface area contributed by atoms with Crippen molar-refractivity contribution < 1.29 is 9.59 Å². The van der Waals surface area contributed by atoms with Gasteiger partial charge in [0.2, 0.25) is 5.91 Å². The molecule has 5 heteroatoms. The second-order valence-corrected chi connectivity index (χ2v) is 8.90. The highest BCUT2D eigenvalue weighted by Crippen LogP contribution is 2.31. The highest BCUT2D eigenvalue weighted by molar-refractivity contribution is 5.98. The number of benzene rings is 3. The first-order valence-electron chi connectivity index (χ1n) is 11.7. The molecule has 2 amide bonds. The predicted octanol–water partition coefficient (Wildman–Crippen LogP) is 4.58. The molecule has 0 unspecified atom stereocenters. The third kappa shape index (κ3) is 4.99. The number of anilines is 1. The molecule has 1 heterocycles. The Kier molecular flexibility index (Phi) is 6.22. The summed E-state index contributed by atoms with van der Waals surface area (Å²) < 4.78 is 0. The molecule has 0 spiro atoms. The zero-order chi connectivity index (χ0) is 22.6. The van der Waals surface area contributed by atoms with Crippen LogP contribution in [0.3, 0.4) is 0 Å². The van der Waals surface area contributed by atoms with Gasteiger partial charge in [0.15, 0.2) is 0 Å². The Morgan fingerprint density at radius 1 is 0.758 bits per heavy atom. The lowest BCUT2D eigenvalue weighted by atomic mass is 9.96. The molecule has 5 nitrogen and oxygen atoms in total. The molecule has 1 saturated heterocycles. The van der Waals surface area contributed by atoms with Gasteiger partial charge < -0.3 is 10.2 Å². The molecule has 1 aliphatic heterocycles. The van der Waals surface area contributed by atoms with E-state index in [1.165, 1.54) is 11.1 Å². The highest BCUT2D eigenvalue weighted by Gasteiger charge is 2.30. The van der Waals surface area contributed by atoms with E-state index in [9.17, 15) is 9.59 Å². The van der Waals surface area contributed by atoms with Crippen LogP contribution in [0.15, 0.2) is 84.9 Å². The summed E-state index contributed by atoms with van der Waals surface area (Å²) in [5.41, 5.74) is 3.86. The van der Waals surface area contributed by atoms with Crippen LogP contribution in [0.25, 0.3) is 0 Å². The maximum atomic E-state index is 13.2. The maximum absolute atomic E-state index is 13.2. The van der Waals surface area contributed by atoms with E-state index in [4.69, 9.17) is 0 Å². The van der Waals surface area contributed by atoms with Gasteiger partial charge in [-0.3, -0.25) is 14.5 Å². The fraction of sp³-hybridized carbons (Fsp3) is 0.286. The lowest BCUT2D eigenvalue weighted by molar-refractivity contribution is -0.117. The Morgan fingerprint density at radius 2 is 1.36 bits per heavy atom. The third-order valence-electron chi connectivity index (χ3n) is 6.52. The number of nitrogens with one attached hydrogen (secondary N) is 1. The Labute approximate surface area is 195 Å². The predicted molar refractivity (Wildman–Crippen MR) is 130 cm³/mol. The first-order chi connectivity index (χ1) is 16.2. The van der Waals surface area contributed by atoms with Crippen molar-refractivity contribution in [2.45, 2.75) is 18.9 Å². The largest absolute Gasteiger partial charge is 0.336 e. The van der Waals surface area contributed by atoms with Crippen LogP contribution in [0, 0.1) is 5.92 Å². The van der Waals surface area contributed by atoms with E-state index in [1.54, 1.807) is 6.07 Å². The molecule has 0 atom stereocenters. The van der Waals surface area contributed by atoms with Crippen molar-refractivity contribution in [1.29, 1.82) is 0 Å². The Bertz CT molecular complexity index is 1060. The van der Waals surface area contributed by atoms with Crippen molar-refractivity contribution in [3.8, 4) is 0 Å². The van der Waals surface area contributed by atoms with Gasteiger partial charge >= 0.3 is 0 Å². The molecule has 5 rings (SSSR count). The van der Waals surface area contributed by atoms with Gasteiger partial charge in [-0.25, -0.2) is 0 Å². The summed E-state index contributed by atoms with van der Waals surface area (Å²) in [6.07, 6.45) is 1.92. The molecule has 3 aromatic carbocycles. The standard InChI is InChI=1S/C28H29N3O2/c32-27(23-14-15-23)29-25-13-7-12-24(20-25)28(33)31-18-16-30(17-19-31)26(21-8-3-1-4-9-21)22-10-5-2-6-11-22/h1-13,20,23,26H,14-19H2,(H,29,32). The summed E-state index contributed by atoms with van der Waals surface area (Å²) in [6.45, 7) is 2.96. The van der Waals surface area contributed by atoms with E-state index in [0.29, 0.717) is 24.3 Å². The number of carbonyl (C=O) groups excluding carboxylic acids is 2.